The van der Waals surface area contributed by atoms with E-state index in [0.717, 1.165) is 23.5 Å². The predicted octanol–water partition coefficient (Wildman–Crippen LogP) is 6.51. The topological polar surface area (TPSA) is 106 Å². The van der Waals surface area contributed by atoms with Gasteiger partial charge in [0.2, 0.25) is 5.91 Å². The fraction of sp³-hybridized carbons (Fsp3) is 0.185. The zero-order valence-electron chi connectivity index (χ0n) is 20.5. The summed E-state index contributed by atoms with van der Waals surface area (Å²) in [5, 5.41) is 2.01. The highest BCUT2D eigenvalue weighted by molar-refractivity contribution is 8.18. The maximum absolute atomic E-state index is 14.0. The lowest BCUT2D eigenvalue weighted by molar-refractivity contribution is -0.127. The van der Waals surface area contributed by atoms with E-state index >= 15 is 0 Å². The molecule has 0 radical (unpaired) electrons. The van der Waals surface area contributed by atoms with Gasteiger partial charge in [0, 0.05) is 17.8 Å². The first-order valence-corrected chi connectivity index (χ1v) is 12.9. The number of rotatable bonds is 9. The highest BCUT2D eigenvalue weighted by Crippen LogP contribution is 2.34. The van der Waals surface area contributed by atoms with E-state index in [1.54, 1.807) is 0 Å². The van der Waals surface area contributed by atoms with Gasteiger partial charge in [-0.25, -0.2) is 13.6 Å². The van der Waals surface area contributed by atoms with Crippen molar-refractivity contribution >= 4 is 58.1 Å². The summed E-state index contributed by atoms with van der Waals surface area (Å²) in [6.45, 7) is 1.61. The van der Waals surface area contributed by atoms with Gasteiger partial charge in [-0.15, -0.1) is 0 Å². The molecule has 0 unspecified atom stereocenters. The second-order valence-electron chi connectivity index (χ2n) is 8.33. The molecule has 0 saturated carbocycles. The number of carbonyl (C=O) groups is 4. The molecule has 0 atom stereocenters. The number of thioether (sulfide) groups is 1. The Balaban J connectivity index is 1.41. The molecular formula is C27H21ClF2N2O6S. The van der Waals surface area contributed by atoms with Crippen LogP contribution < -0.4 is 5.32 Å². The van der Waals surface area contributed by atoms with Crippen LogP contribution in [0.4, 0.5) is 19.3 Å². The van der Waals surface area contributed by atoms with Crippen molar-refractivity contribution in [2.75, 3.05) is 18.5 Å². The monoisotopic (exact) mass is 574 g/mol. The average molecular weight is 575 g/mol. The quantitative estimate of drug-likeness (QED) is 0.176. The zero-order chi connectivity index (χ0) is 28.1. The van der Waals surface area contributed by atoms with Crippen LogP contribution >= 0.6 is 23.4 Å². The lowest BCUT2D eigenvalue weighted by Gasteiger charge is -2.13. The summed E-state index contributed by atoms with van der Waals surface area (Å²) in [7, 11) is 0. The number of esters is 1. The van der Waals surface area contributed by atoms with Crippen molar-refractivity contribution in [3.8, 4) is 11.3 Å². The van der Waals surface area contributed by atoms with Gasteiger partial charge < -0.3 is 14.5 Å². The highest BCUT2D eigenvalue weighted by Gasteiger charge is 2.36. The molecular weight excluding hydrogens is 554 g/mol. The van der Waals surface area contributed by atoms with Gasteiger partial charge in [-0.1, -0.05) is 24.9 Å². The molecule has 0 bridgehead atoms. The average Bonchev–Trinajstić information content (AvgIpc) is 3.45. The SMILES string of the molecule is CCCCOC(=O)c1cc(NC(=O)CN2C(=O)S/C(=C/c3ccc(-c4ccc(F)cc4F)o3)C2=O)ccc1Cl. The molecule has 12 heteroatoms. The van der Waals surface area contributed by atoms with Crippen LogP contribution in [0.3, 0.4) is 0 Å². The number of hydrogen-bond donors (Lipinski definition) is 1. The summed E-state index contributed by atoms with van der Waals surface area (Å²) < 4.78 is 37.9. The molecule has 0 aliphatic carbocycles. The molecule has 2 heterocycles. The molecule has 202 valence electrons. The smallest absolute Gasteiger partial charge is 0.339 e. The minimum Gasteiger partial charge on any atom is -0.462 e. The van der Waals surface area contributed by atoms with E-state index in [9.17, 15) is 28.0 Å². The summed E-state index contributed by atoms with van der Waals surface area (Å²) in [4.78, 5) is 50.9. The Kier molecular flexibility index (Phi) is 8.82. The van der Waals surface area contributed by atoms with Gasteiger partial charge in [0.15, 0.2) is 0 Å². The number of halogens is 3. The molecule has 1 saturated heterocycles. The first kappa shape index (κ1) is 28.1. The molecule has 1 aliphatic rings. The van der Waals surface area contributed by atoms with Crippen molar-refractivity contribution in [3.63, 3.8) is 0 Å². The fourth-order valence-corrected chi connectivity index (χ4v) is 4.53. The van der Waals surface area contributed by atoms with Crippen molar-refractivity contribution in [3.05, 3.63) is 81.4 Å². The normalized spacial score (nSPS) is 14.3. The third kappa shape index (κ3) is 6.73. The zero-order valence-corrected chi connectivity index (χ0v) is 22.0. The summed E-state index contributed by atoms with van der Waals surface area (Å²) in [5.41, 5.74) is 0.323. The molecule has 1 fully saturated rings. The summed E-state index contributed by atoms with van der Waals surface area (Å²) >= 11 is 6.70. The third-order valence-corrected chi connectivity index (χ3v) is 6.71. The van der Waals surface area contributed by atoms with E-state index in [1.165, 1.54) is 42.5 Å². The standard InChI is InChI=1S/C27H21ClF2N2O6S/c1-2-3-10-37-26(35)19-12-16(5-8-20(19)28)31-24(33)14-32-25(34)23(39-27(32)36)13-17-6-9-22(38-17)18-7-4-15(29)11-21(18)30/h4-9,11-13H,2-3,10,14H2,1H3,(H,31,33)/b23-13+. The summed E-state index contributed by atoms with van der Waals surface area (Å²) in [6.07, 6.45) is 2.84. The van der Waals surface area contributed by atoms with E-state index < -0.39 is 41.2 Å². The molecule has 1 aliphatic heterocycles. The Bertz CT molecular complexity index is 1490. The van der Waals surface area contributed by atoms with Crippen LogP contribution in [0.1, 0.15) is 35.9 Å². The molecule has 3 amide bonds. The Morgan fingerprint density at radius 1 is 1.13 bits per heavy atom. The van der Waals surface area contributed by atoms with Crippen molar-refractivity contribution in [2.45, 2.75) is 19.8 Å². The summed E-state index contributed by atoms with van der Waals surface area (Å²) in [6, 6.07) is 10.2. The minimum atomic E-state index is -0.816. The first-order chi connectivity index (χ1) is 18.7. The Morgan fingerprint density at radius 3 is 2.67 bits per heavy atom. The number of hydrogen-bond acceptors (Lipinski definition) is 7. The number of carbonyl (C=O) groups excluding carboxylic acids is 4. The van der Waals surface area contributed by atoms with Gasteiger partial charge in [0.1, 0.15) is 29.7 Å². The van der Waals surface area contributed by atoms with Crippen LogP contribution in [0.2, 0.25) is 5.02 Å². The van der Waals surface area contributed by atoms with Gasteiger partial charge >= 0.3 is 5.97 Å². The second-order valence-corrected chi connectivity index (χ2v) is 9.73. The molecule has 3 aromatic rings. The maximum Gasteiger partial charge on any atom is 0.339 e. The van der Waals surface area contributed by atoms with Gasteiger partial charge in [0.25, 0.3) is 11.1 Å². The number of imide groups is 1. The van der Waals surface area contributed by atoms with Crippen LogP contribution in [0, 0.1) is 11.6 Å². The number of benzene rings is 2. The number of anilines is 1. The van der Waals surface area contributed by atoms with Gasteiger partial charge in [-0.2, -0.15) is 0 Å². The van der Waals surface area contributed by atoms with Gasteiger partial charge in [-0.3, -0.25) is 19.3 Å². The number of furan rings is 1. The van der Waals surface area contributed by atoms with E-state index in [0.29, 0.717) is 18.2 Å². The van der Waals surface area contributed by atoms with E-state index in [4.69, 9.17) is 20.8 Å². The molecule has 1 aromatic heterocycles. The second kappa shape index (κ2) is 12.3. The number of nitrogens with zero attached hydrogens (tertiary/aromatic N) is 1. The first-order valence-electron chi connectivity index (χ1n) is 11.7. The van der Waals surface area contributed by atoms with E-state index in [2.05, 4.69) is 5.32 Å². The molecule has 39 heavy (non-hydrogen) atoms. The van der Waals surface area contributed by atoms with Crippen LogP contribution in [0.15, 0.2) is 57.9 Å². The van der Waals surface area contributed by atoms with E-state index in [-0.39, 0.29) is 44.9 Å². The van der Waals surface area contributed by atoms with Gasteiger partial charge in [-0.05, 0) is 60.6 Å². The number of ether oxygens (including phenoxy) is 1. The largest absolute Gasteiger partial charge is 0.462 e. The Labute approximate surface area is 230 Å². The van der Waals surface area contributed by atoms with Crippen molar-refractivity contribution < 1.29 is 37.1 Å². The predicted molar refractivity (Wildman–Crippen MR) is 142 cm³/mol. The third-order valence-electron chi connectivity index (χ3n) is 5.47. The number of unbranched alkanes of at least 4 members (excludes halogenated alkanes) is 1. The van der Waals surface area contributed by atoms with Crippen molar-refractivity contribution in [2.24, 2.45) is 0 Å². The highest BCUT2D eigenvalue weighted by atomic mass is 35.5. The Hall–Kier alpha value is -3.96. The fourth-order valence-electron chi connectivity index (χ4n) is 3.52. The van der Waals surface area contributed by atoms with Crippen LogP contribution in [0.25, 0.3) is 17.4 Å². The van der Waals surface area contributed by atoms with Crippen molar-refractivity contribution in [1.29, 1.82) is 0 Å². The molecule has 2 aromatic carbocycles. The van der Waals surface area contributed by atoms with Crippen LogP contribution in [0.5, 0.6) is 0 Å². The molecule has 0 spiro atoms. The molecule has 8 nitrogen and oxygen atoms in total. The lowest BCUT2D eigenvalue weighted by atomic mass is 10.1. The van der Waals surface area contributed by atoms with E-state index in [1.807, 2.05) is 6.92 Å². The molecule has 1 N–H and O–H groups in total. The lowest BCUT2D eigenvalue weighted by Crippen LogP contribution is -2.36. The number of nitrogens with one attached hydrogen (secondary N) is 1. The number of amides is 3. The summed E-state index contributed by atoms with van der Waals surface area (Å²) in [5.74, 6) is -3.33. The van der Waals surface area contributed by atoms with Crippen LogP contribution in [-0.4, -0.2) is 41.1 Å². The van der Waals surface area contributed by atoms with Gasteiger partial charge in [0.05, 0.1) is 27.7 Å². The van der Waals surface area contributed by atoms with Crippen molar-refractivity contribution in [1.82, 2.24) is 4.90 Å². The minimum absolute atomic E-state index is 0.00289. The molecule has 4 rings (SSSR count). The Morgan fingerprint density at radius 2 is 1.92 bits per heavy atom. The maximum atomic E-state index is 14.0. The van der Waals surface area contributed by atoms with Crippen LogP contribution in [-0.2, 0) is 14.3 Å².